The van der Waals surface area contributed by atoms with Gasteiger partial charge in [-0.3, -0.25) is 0 Å². The molecule has 0 saturated heterocycles. The molecule has 0 saturated carbocycles. The van der Waals surface area contributed by atoms with Gasteiger partial charge in [0.1, 0.15) is 5.76 Å². The second-order valence-corrected chi connectivity index (χ2v) is 4.81. The van der Waals surface area contributed by atoms with E-state index < -0.39 is 0 Å². The Kier molecular flexibility index (Phi) is 3.64. The molecule has 1 aromatic heterocycles. The van der Waals surface area contributed by atoms with Crippen molar-refractivity contribution in [2.75, 3.05) is 6.61 Å². The maximum atomic E-state index is 8.92. The van der Waals surface area contributed by atoms with Crippen LogP contribution in [0.2, 0.25) is 0 Å². The van der Waals surface area contributed by atoms with E-state index >= 15 is 0 Å². The summed E-state index contributed by atoms with van der Waals surface area (Å²) in [6.07, 6.45) is 0.530. The normalized spacial score (nSPS) is 10.8. The summed E-state index contributed by atoms with van der Waals surface area (Å²) in [5.74, 6) is 1.37. The van der Waals surface area contributed by atoms with Crippen LogP contribution < -0.4 is 0 Å². The largest absolute Gasteiger partial charge is 0.441 e. The number of hydrogen-bond donors (Lipinski definition) is 1. The van der Waals surface area contributed by atoms with Crippen LogP contribution in [-0.4, -0.2) is 16.7 Å². The molecule has 0 fully saturated rings. The predicted octanol–water partition coefficient (Wildman–Crippen LogP) is 3.26. The number of nitrogens with zero attached hydrogens (tertiary/aromatic N) is 1. The highest BCUT2D eigenvalue weighted by atomic mass is 79.9. The Morgan fingerprint density at radius 2 is 2.12 bits per heavy atom. The summed E-state index contributed by atoms with van der Waals surface area (Å²) < 4.78 is 6.64. The van der Waals surface area contributed by atoms with Crippen molar-refractivity contribution in [2.24, 2.45) is 0 Å². The molecule has 17 heavy (non-hydrogen) atoms. The van der Waals surface area contributed by atoms with Crippen LogP contribution in [0, 0.1) is 13.8 Å². The number of hydrogen-bond acceptors (Lipinski definition) is 3. The van der Waals surface area contributed by atoms with E-state index in [-0.39, 0.29) is 6.61 Å². The second-order valence-electron chi connectivity index (χ2n) is 3.96. The van der Waals surface area contributed by atoms with Crippen molar-refractivity contribution < 1.29 is 9.52 Å². The van der Waals surface area contributed by atoms with Crippen molar-refractivity contribution in [1.29, 1.82) is 0 Å². The van der Waals surface area contributed by atoms with Crippen molar-refractivity contribution in [1.82, 2.24) is 4.98 Å². The third kappa shape index (κ3) is 2.58. The fourth-order valence-corrected chi connectivity index (χ4v) is 1.99. The lowest BCUT2D eigenvalue weighted by Gasteiger charge is -1.99. The summed E-state index contributed by atoms with van der Waals surface area (Å²) >= 11 is 3.49. The summed E-state index contributed by atoms with van der Waals surface area (Å²) in [5.41, 5.74) is 2.93. The van der Waals surface area contributed by atoms with E-state index in [2.05, 4.69) is 20.9 Å². The first-order valence-electron chi connectivity index (χ1n) is 5.45. The molecule has 1 heterocycles. The van der Waals surface area contributed by atoms with Gasteiger partial charge in [-0.2, -0.15) is 0 Å². The van der Waals surface area contributed by atoms with E-state index in [1.807, 2.05) is 32.0 Å². The highest BCUT2D eigenvalue weighted by molar-refractivity contribution is 9.10. The minimum Gasteiger partial charge on any atom is -0.441 e. The van der Waals surface area contributed by atoms with E-state index in [0.29, 0.717) is 12.3 Å². The van der Waals surface area contributed by atoms with Gasteiger partial charge in [0.15, 0.2) is 0 Å². The Morgan fingerprint density at radius 3 is 2.76 bits per heavy atom. The van der Waals surface area contributed by atoms with Gasteiger partial charge in [-0.25, -0.2) is 4.98 Å². The molecule has 0 bridgehead atoms. The van der Waals surface area contributed by atoms with Gasteiger partial charge < -0.3 is 9.52 Å². The molecule has 0 unspecified atom stereocenters. The highest BCUT2D eigenvalue weighted by Crippen LogP contribution is 2.26. The molecule has 90 valence electrons. The van der Waals surface area contributed by atoms with Crippen LogP contribution in [0.15, 0.2) is 27.1 Å². The Hall–Kier alpha value is -1.13. The van der Waals surface area contributed by atoms with Gasteiger partial charge in [0.25, 0.3) is 0 Å². The lowest BCUT2D eigenvalue weighted by Crippen LogP contribution is -1.92. The quantitative estimate of drug-likeness (QED) is 0.945. The first kappa shape index (κ1) is 12.3. The number of aliphatic hydroxyl groups is 1. The van der Waals surface area contributed by atoms with E-state index in [1.54, 1.807) is 0 Å². The summed E-state index contributed by atoms with van der Waals surface area (Å²) in [6.45, 7) is 3.99. The zero-order valence-corrected chi connectivity index (χ0v) is 11.4. The summed E-state index contributed by atoms with van der Waals surface area (Å²) in [7, 11) is 0. The summed E-state index contributed by atoms with van der Waals surface area (Å²) in [6, 6.07) is 5.99. The molecule has 0 aliphatic rings. The first-order chi connectivity index (χ1) is 8.11. The molecule has 0 atom stereocenters. The lowest BCUT2D eigenvalue weighted by atomic mass is 10.1. The van der Waals surface area contributed by atoms with E-state index in [0.717, 1.165) is 21.5 Å². The van der Waals surface area contributed by atoms with Gasteiger partial charge in [0.05, 0.1) is 5.69 Å². The van der Waals surface area contributed by atoms with E-state index in [9.17, 15) is 0 Å². The minimum absolute atomic E-state index is 0.0877. The maximum Gasteiger partial charge on any atom is 0.226 e. The van der Waals surface area contributed by atoms with Gasteiger partial charge in [-0.1, -0.05) is 22.0 Å². The molecule has 0 spiro atoms. The Labute approximate surface area is 109 Å². The number of benzene rings is 1. The molecule has 2 rings (SSSR count). The molecule has 3 nitrogen and oxygen atoms in total. The van der Waals surface area contributed by atoms with Crippen molar-refractivity contribution in [2.45, 2.75) is 20.3 Å². The van der Waals surface area contributed by atoms with Crippen molar-refractivity contribution in [3.63, 3.8) is 0 Å². The summed E-state index contributed by atoms with van der Waals surface area (Å²) in [5, 5.41) is 8.92. The topological polar surface area (TPSA) is 46.3 Å². The lowest BCUT2D eigenvalue weighted by molar-refractivity contribution is 0.297. The summed E-state index contributed by atoms with van der Waals surface area (Å²) in [4.78, 5) is 4.39. The van der Waals surface area contributed by atoms with Crippen LogP contribution in [0.25, 0.3) is 11.5 Å². The SMILES string of the molecule is Cc1ccc(-c2nc(CCO)c(C)o2)cc1Br. The van der Waals surface area contributed by atoms with Gasteiger partial charge in [-0.05, 0) is 31.5 Å². The van der Waals surface area contributed by atoms with Crippen molar-refractivity contribution in [3.8, 4) is 11.5 Å². The molecule has 4 heteroatoms. The molecule has 0 amide bonds. The number of halogens is 1. The number of aliphatic hydroxyl groups excluding tert-OH is 1. The third-order valence-corrected chi connectivity index (χ3v) is 3.51. The van der Waals surface area contributed by atoms with Crippen LogP contribution in [0.5, 0.6) is 0 Å². The van der Waals surface area contributed by atoms with Crippen LogP contribution >= 0.6 is 15.9 Å². The number of aromatic nitrogens is 1. The smallest absolute Gasteiger partial charge is 0.226 e. The van der Waals surface area contributed by atoms with E-state index in [1.165, 1.54) is 5.56 Å². The number of rotatable bonds is 3. The Morgan fingerprint density at radius 1 is 1.35 bits per heavy atom. The van der Waals surface area contributed by atoms with E-state index in [4.69, 9.17) is 9.52 Å². The van der Waals surface area contributed by atoms with Crippen LogP contribution in [0.3, 0.4) is 0 Å². The molecular formula is C13H14BrNO2. The molecule has 1 aromatic carbocycles. The van der Waals surface area contributed by atoms with Crippen molar-refractivity contribution in [3.05, 3.63) is 39.7 Å². The standard InChI is InChI=1S/C13H14BrNO2/c1-8-3-4-10(7-11(8)14)13-15-12(5-6-16)9(2)17-13/h3-4,7,16H,5-6H2,1-2H3. The number of aryl methyl sites for hydroxylation is 2. The molecular weight excluding hydrogens is 282 g/mol. The maximum absolute atomic E-state index is 8.92. The second kappa shape index (κ2) is 5.02. The average molecular weight is 296 g/mol. The van der Waals surface area contributed by atoms with Gasteiger partial charge >= 0.3 is 0 Å². The monoisotopic (exact) mass is 295 g/mol. The molecule has 2 aromatic rings. The highest BCUT2D eigenvalue weighted by Gasteiger charge is 2.11. The van der Waals surface area contributed by atoms with Crippen LogP contribution in [0.4, 0.5) is 0 Å². The minimum atomic E-state index is 0.0877. The molecule has 0 radical (unpaired) electrons. The number of oxazole rings is 1. The fraction of sp³-hybridized carbons (Fsp3) is 0.308. The van der Waals surface area contributed by atoms with Gasteiger partial charge in [0.2, 0.25) is 5.89 Å². The fourth-order valence-electron chi connectivity index (χ4n) is 1.62. The molecule has 0 aliphatic carbocycles. The Bertz CT molecular complexity index is 534. The average Bonchev–Trinajstić information content (AvgIpc) is 2.65. The first-order valence-corrected chi connectivity index (χ1v) is 6.25. The zero-order valence-electron chi connectivity index (χ0n) is 9.83. The van der Waals surface area contributed by atoms with Crippen LogP contribution in [-0.2, 0) is 6.42 Å². The van der Waals surface area contributed by atoms with Gasteiger partial charge in [0, 0.05) is 23.1 Å². The predicted molar refractivity (Wildman–Crippen MR) is 69.9 cm³/mol. The Balaban J connectivity index is 2.39. The van der Waals surface area contributed by atoms with Crippen LogP contribution in [0.1, 0.15) is 17.0 Å². The third-order valence-electron chi connectivity index (χ3n) is 2.66. The van der Waals surface area contributed by atoms with Crippen molar-refractivity contribution >= 4 is 15.9 Å². The zero-order chi connectivity index (χ0) is 12.4. The molecule has 1 N–H and O–H groups in total. The van der Waals surface area contributed by atoms with Gasteiger partial charge in [-0.15, -0.1) is 0 Å². The molecule has 0 aliphatic heterocycles.